The van der Waals surface area contributed by atoms with E-state index in [0.717, 1.165) is 23.3 Å². The average Bonchev–Trinajstić information content (AvgIpc) is 2.87. The van der Waals surface area contributed by atoms with Crippen LogP contribution < -0.4 is 5.32 Å². The van der Waals surface area contributed by atoms with Crippen LogP contribution in [0.25, 0.3) is 0 Å². The molecule has 6 heteroatoms. The van der Waals surface area contributed by atoms with E-state index in [1.54, 1.807) is 16.7 Å². The van der Waals surface area contributed by atoms with E-state index in [9.17, 15) is 9.59 Å². The zero-order chi connectivity index (χ0) is 26.8. The van der Waals surface area contributed by atoms with E-state index in [1.165, 1.54) is 16.7 Å². The zero-order valence-corrected chi connectivity index (χ0v) is 23.7. The van der Waals surface area contributed by atoms with Gasteiger partial charge in [-0.05, 0) is 56.0 Å². The Bertz CT molecular complexity index is 1150. The van der Waals surface area contributed by atoms with Crippen LogP contribution in [0.5, 0.6) is 0 Å². The number of hydrogen-bond acceptors (Lipinski definition) is 3. The number of carbonyl (C=O) groups is 2. The molecule has 196 valence electrons. The van der Waals surface area contributed by atoms with Gasteiger partial charge in [0.2, 0.25) is 11.8 Å². The molecular formula is C31H37ClN2O2S. The van der Waals surface area contributed by atoms with Gasteiger partial charge in [0, 0.05) is 29.8 Å². The van der Waals surface area contributed by atoms with Crippen molar-refractivity contribution >= 4 is 35.2 Å². The Hall–Kier alpha value is -2.76. The SMILES string of the molecule is CC[C@H](C)NC(=O)[C@@H](Cc1ccccc1)N(Cc1ccc(Cl)cc1)C(=O)CSCc1cc(C)cc(C)c1. The highest BCUT2D eigenvalue weighted by atomic mass is 35.5. The molecule has 0 heterocycles. The van der Waals surface area contributed by atoms with E-state index >= 15 is 0 Å². The quantitative estimate of drug-likeness (QED) is 0.279. The Labute approximate surface area is 230 Å². The lowest BCUT2D eigenvalue weighted by molar-refractivity contribution is -0.139. The molecule has 0 aliphatic heterocycles. The Morgan fingerprint density at radius 2 is 1.57 bits per heavy atom. The molecular weight excluding hydrogens is 500 g/mol. The second-order valence-corrected chi connectivity index (χ2v) is 11.1. The maximum absolute atomic E-state index is 13.7. The Kier molecular flexibility index (Phi) is 11.1. The third-order valence-electron chi connectivity index (χ3n) is 6.31. The van der Waals surface area contributed by atoms with Gasteiger partial charge in [-0.25, -0.2) is 0 Å². The van der Waals surface area contributed by atoms with Crippen molar-refractivity contribution in [2.45, 2.75) is 64.9 Å². The van der Waals surface area contributed by atoms with E-state index in [-0.39, 0.29) is 17.9 Å². The number of carbonyl (C=O) groups excluding carboxylic acids is 2. The average molecular weight is 537 g/mol. The highest BCUT2D eigenvalue weighted by molar-refractivity contribution is 7.99. The first kappa shape index (κ1) is 28.8. The number of amides is 2. The number of nitrogens with one attached hydrogen (secondary N) is 1. The second-order valence-electron chi connectivity index (χ2n) is 9.66. The van der Waals surface area contributed by atoms with E-state index in [1.807, 2.05) is 68.4 Å². The molecule has 0 aromatic heterocycles. The molecule has 0 aliphatic rings. The molecule has 37 heavy (non-hydrogen) atoms. The molecule has 0 saturated heterocycles. The molecule has 1 N–H and O–H groups in total. The normalized spacial score (nSPS) is 12.6. The van der Waals surface area contributed by atoms with E-state index in [4.69, 9.17) is 11.6 Å². The van der Waals surface area contributed by atoms with Crippen LogP contribution in [0.3, 0.4) is 0 Å². The number of aryl methyl sites for hydroxylation is 2. The number of halogens is 1. The summed E-state index contributed by atoms with van der Waals surface area (Å²) in [7, 11) is 0. The predicted octanol–water partition coefficient (Wildman–Crippen LogP) is 6.74. The third kappa shape index (κ3) is 9.24. The van der Waals surface area contributed by atoms with Crippen LogP contribution in [0.4, 0.5) is 0 Å². The maximum Gasteiger partial charge on any atom is 0.243 e. The Balaban J connectivity index is 1.85. The second kappa shape index (κ2) is 14.3. The van der Waals surface area contributed by atoms with E-state index in [2.05, 4.69) is 37.4 Å². The summed E-state index contributed by atoms with van der Waals surface area (Å²) >= 11 is 7.69. The molecule has 3 aromatic rings. The first-order chi connectivity index (χ1) is 17.7. The van der Waals surface area contributed by atoms with Crippen LogP contribution in [0.15, 0.2) is 72.8 Å². The minimum atomic E-state index is -0.624. The first-order valence-corrected chi connectivity index (χ1v) is 14.3. The van der Waals surface area contributed by atoms with Crippen molar-refractivity contribution in [2.24, 2.45) is 0 Å². The highest BCUT2D eigenvalue weighted by Crippen LogP contribution is 2.21. The van der Waals surface area contributed by atoms with Gasteiger partial charge in [-0.3, -0.25) is 9.59 Å². The molecule has 3 rings (SSSR count). The molecule has 0 aliphatic carbocycles. The van der Waals surface area contributed by atoms with Gasteiger partial charge in [0.25, 0.3) is 0 Å². The molecule has 3 aromatic carbocycles. The fraction of sp³-hybridized carbons (Fsp3) is 0.355. The summed E-state index contributed by atoms with van der Waals surface area (Å²) in [6, 6.07) is 23.2. The molecule has 0 radical (unpaired) electrons. The summed E-state index contributed by atoms with van der Waals surface area (Å²) in [5.41, 5.74) is 5.59. The fourth-order valence-corrected chi connectivity index (χ4v) is 5.24. The largest absolute Gasteiger partial charge is 0.352 e. The first-order valence-electron chi connectivity index (χ1n) is 12.8. The smallest absolute Gasteiger partial charge is 0.243 e. The van der Waals surface area contributed by atoms with Crippen molar-refractivity contribution in [3.05, 3.63) is 106 Å². The Morgan fingerprint density at radius 1 is 0.919 bits per heavy atom. The summed E-state index contributed by atoms with van der Waals surface area (Å²) in [5, 5.41) is 3.75. The van der Waals surface area contributed by atoms with Crippen LogP contribution in [0, 0.1) is 13.8 Å². The van der Waals surface area contributed by atoms with Gasteiger partial charge in [-0.1, -0.05) is 90.3 Å². The summed E-state index contributed by atoms with van der Waals surface area (Å²) in [5.74, 6) is 0.859. The zero-order valence-electron chi connectivity index (χ0n) is 22.2. The molecule has 0 bridgehead atoms. The minimum absolute atomic E-state index is 0.0252. The summed E-state index contributed by atoms with van der Waals surface area (Å²) in [4.78, 5) is 29.0. The van der Waals surface area contributed by atoms with Crippen molar-refractivity contribution < 1.29 is 9.59 Å². The molecule has 0 unspecified atom stereocenters. The minimum Gasteiger partial charge on any atom is -0.352 e. The van der Waals surface area contributed by atoms with Crippen molar-refractivity contribution in [1.82, 2.24) is 10.2 Å². The molecule has 0 fully saturated rings. The molecule has 2 amide bonds. The standard InChI is InChI=1S/C31H37ClN2O2S/c1-5-24(4)33-31(36)29(18-25-9-7-6-8-10-25)34(19-26-11-13-28(32)14-12-26)30(35)21-37-20-27-16-22(2)15-23(3)17-27/h6-17,24,29H,5,18-21H2,1-4H3,(H,33,36)/t24-,29+/m0/s1. The van der Waals surface area contributed by atoms with Gasteiger partial charge < -0.3 is 10.2 Å². The topological polar surface area (TPSA) is 49.4 Å². The maximum atomic E-state index is 13.7. The van der Waals surface area contributed by atoms with Crippen LogP contribution in [0.2, 0.25) is 5.02 Å². The van der Waals surface area contributed by atoms with Crippen molar-refractivity contribution in [3.63, 3.8) is 0 Å². The van der Waals surface area contributed by atoms with Gasteiger partial charge in [-0.15, -0.1) is 11.8 Å². The van der Waals surface area contributed by atoms with Crippen LogP contribution in [-0.4, -0.2) is 34.6 Å². The van der Waals surface area contributed by atoms with Crippen LogP contribution >= 0.6 is 23.4 Å². The molecule has 4 nitrogen and oxygen atoms in total. The van der Waals surface area contributed by atoms with Crippen LogP contribution in [0.1, 0.15) is 48.1 Å². The van der Waals surface area contributed by atoms with Crippen LogP contribution in [-0.2, 0) is 28.3 Å². The summed E-state index contributed by atoms with van der Waals surface area (Å²) in [6.07, 6.45) is 1.27. The fourth-order valence-electron chi connectivity index (χ4n) is 4.27. The van der Waals surface area contributed by atoms with E-state index in [0.29, 0.717) is 23.7 Å². The number of hydrogen-bond donors (Lipinski definition) is 1. The Morgan fingerprint density at radius 3 is 2.19 bits per heavy atom. The van der Waals surface area contributed by atoms with Gasteiger partial charge in [0.1, 0.15) is 6.04 Å². The van der Waals surface area contributed by atoms with E-state index < -0.39 is 6.04 Å². The number of rotatable bonds is 12. The molecule has 2 atom stereocenters. The number of thioether (sulfide) groups is 1. The van der Waals surface area contributed by atoms with Gasteiger partial charge in [-0.2, -0.15) is 0 Å². The lowest BCUT2D eigenvalue weighted by Crippen LogP contribution is -2.52. The predicted molar refractivity (Wildman–Crippen MR) is 156 cm³/mol. The third-order valence-corrected chi connectivity index (χ3v) is 7.55. The van der Waals surface area contributed by atoms with Gasteiger partial charge >= 0.3 is 0 Å². The summed E-state index contributed by atoms with van der Waals surface area (Å²) in [6.45, 7) is 8.54. The number of nitrogens with zero attached hydrogens (tertiary/aromatic N) is 1. The molecule has 0 saturated carbocycles. The van der Waals surface area contributed by atoms with Crippen molar-refractivity contribution in [1.29, 1.82) is 0 Å². The number of benzene rings is 3. The lowest BCUT2D eigenvalue weighted by atomic mass is 10.0. The monoisotopic (exact) mass is 536 g/mol. The van der Waals surface area contributed by atoms with Crippen molar-refractivity contribution in [2.75, 3.05) is 5.75 Å². The van der Waals surface area contributed by atoms with Gasteiger partial charge in [0.15, 0.2) is 0 Å². The van der Waals surface area contributed by atoms with Crippen molar-refractivity contribution in [3.8, 4) is 0 Å². The molecule has 0 spiro atoms. The summed E-state index contributed by atoms with van der Waals surface area (Å²) < 4.78 is 0. The highest BCUT2D eigenvalue weighted by Gasteiger charge is 2.30. The van der Waals surface area contributed by atoms with Gasteiger partial charge in [0.05, 0.1) is 5.75 Å². The lowest BCUT2D eigenvalue weighted by Gasteiger charge is -2.32.